The third-order valence-corrected chi connectivity index (χ3v) is 6.00. The molecule has 0 atom stereocenters. The van der Waals surface area contributed by atoms with E-state index in [1.54, 1.807) is 0 Å². The molecule has 0 N–H and O–H groups in total. The fourth-order valence-corrected chi connectivity index (χ4v) is 4.40. The van der Waals surface area contributed by atoms with E-state index in [1.807, 2.05) is 67.6 Å². The molecular formula is C31H27IrN3-2. The normalized spacial score (nSPS) is 13.0. The molecule has 6 rings (SSSR count). The Labute approximate surface area is 220 Å². The van der Waals surface area contributed by atoms with Crippen molar-refractivity contribution in [2.45, 2.75) is 33.2 Å². The van der Waals surface area contributed by atoms with Crippen LogP contribution in [0.4, 0.5) is 0 Å². The molecule has 1 aliphatic rings. The number of nitrogens with zero attached hydrogens (tertiary/aromatic N) is 3. The van der Waals surface area contributed by atoms with E-state index >= 15 is 0 Å². The van der Waals surface area contributed by atoms with Crippen molar-refractivity contribution in [3.8, 4) is 22.6 Å². The van der Waals surface area contributed by atoms with E-state index in [9.17, 15) is 0 Å². The van der Waals surface area contributed by atoms with Crippen LogP contribution in [0.15, 0.2) is 84.9 Å². The van der Waals surface area contributed by atoms with Crippen LogP contribution in [0, 0.1) is 26.0 Å². The van der Waals surface area contributed by atoms with Gasteiger partial charge in [-0.25, -0.2) is 0 Å². The van der Waals surface area contributed by atoms with Gasteiger partial charge in [0.05, 0.1) is 22.4 Å². The minimum Gasteiger partial charge on any atom is -0.355 e. The van der Waals surface area contributed by atoms with Crippen LogP contribution in [-0.2, 0) is 25.6 Å². The van der Waals surface area contributed by atoms with Gasteiger partial charge in [-0.2, -0.15) is 0 Å². The van der Waals surface area contributed by atoms with Crippen molar-refractivity contribution >= 4 is 17.1 Å². The maximum Gasteiger partial charge on any atom is 0.0779 e. The van der Waals surface area contributed by atoms with E-state index < -0.39 is 0 Å². The maximum atomic E-state index is 4.90. The van der Waals surface area contributed by atoms with Crippen LogP contribution in [0.25, 0.3) is 39.8 Å². The van der Waals surface area contributed by atoms with Gasteiger partial charge in [0.15, 0.2) is 0 Å². The molecule has 3 heterocycles. The van der Waals surface area contributed by atoms with Crippen LogP contribution in [-0.4, -0.2) is 14.5 Å². The van der Waals surface area contributed by atoms with E-state index in [0.29, 0.717) is 0 Å². The van der Waals surface area contributed by atoms with Crippen LogP contribution in [0.5, 0.6) is 0 Å². The summed E-state index contributed by atoms with van der Waals surface area (Å²) in [6, 6.07) is 32.8. The molecule has 3 nitrogen and oxygen atoms in total. The fourth-order valence-electron chi connectivity index (χ4n) is 4.40. The Balaban J connectivity index is 0.000000179. The topological polar surface area (TPSA) is 30.7 Å². The van der Waals surface area contributed by atoms with Gasteiger partial charge < -0.3 is 9.55 Å². The van der Waals surface area contributed by atoms with Gasteiger partial charge in [-0.3, -0.25) is 4.98 Å². The first kappa shape index (κ1) is 24.8. The Hall–Kier alpha value is -3.33. The van der Waals surface area contributed by atoms with Gasteiger partial charge in [0, 0.05) is 25.8 Å². The second-order valence-electron chi connectivity index (χ2n) is 9.20. The summed E-state index contributed by atoms with van der Waals surface area (Å²) in [7, 11) is 0. The first-order valence-electron chi connectivity index (χ1n) is 11.5. The molecule has 0 aliphatic carbocycles. The van der Waals surface area contributed by atoms with Crippen LogP contribution < -0.4 is 0 Å². The van der Waals surface area contributed by atoms with Crippen molar-refractivity contribution < 1.29 is 20.1 Å². The monoisotopic (exact) mass is 634 g/mol. The number of hydrogen-bond donors (Lipinski definition) is 0. The molecule has 2 aromatic heterocycles. The van der Waals surface area contributed by atoms with Crippen molar-refractivity contribution in [1.29, 1.82) is 0 Å². The Kier molecular flexibility index (Phi) is 7.16. The predicted octanol–water partition coefficient (Wildman–Crippen LogP) is 7.43. The largest absolute Gasteiger partial charge is 0.355 e. The number of aromatic nitrogens is 3. The Morgan fingerprint density at radius 1 is 0.800 bits per heavy atom. The van der Waals surface area contributed by atoms with Crippen molar-refractivity contribution in [2.75, 3.05) is 0 Å². The number of imidazole rings is 1. The summed E-state index contributed by atoms with van der Waals surface area (Å²) < 4.78 is 2.34. The van der Waals surface area contributed by atoms with E-state index in [4.69, 9.17) is 4.98 Å². The maximum absolute atomic E-state index is 4.90. The molecule has 0 fully saturated rings. The van der Waals surface area contributed by atoms with Crippen LogP contribution >= 0.6 is 0 Å². The summed E-state index contributed by atoms with van der Waals surface area (Å²) in [6.45, 7) is 8.56. The molecular weight excluding hydrogens is 607 g/mol. The second-order valence-corrected chi connectivity index (χ2v) is 9.20. The zero-order valence-electron chi connectivity index (χ0n) is 20.3. The summed E-state index contributed by atoms with van der Waals surface area (Å²) in [6.07, 6.45) is 4.47. The molecule has 4 heteroatoms. The van der Waals surface area contributed by atoms with E-state index in [1.165, 1.54) is 16.6 Å². The molecule has 1 aliphatic heterocycles. The smallest absolute Gasteiger partial charge is 0.0779 e. The average molecular weight is 634 g/mol. The molecule has 177 valence electrons. The summed E-state index contributed by atoms with van der Waals surface area (Å²) in [5.41, 5.74) is 8.81. The van der Waals surface area contributed by atoms with Crippen LogP contribution in [0.3, 0.4) is 0 Å². The first-order valence-corrected chi connectivity index (χ1v) is 11.5. The van der Waals surface area contributed by atoms with E-state index in [2.05, 4.69) is 72.8 Å². The van der Waals surface area contributed by atoms with Gasteiger partial charge in [-0.05, 0) is 62.7 Å². The average Bonchev–Trinajstić information content (AvgIpc) is 3.24. The fraction of sp³-hybridized carbons (Fsp3) is 0.161. The molecule has 0 spiro atoms. The molecule has 0 amide bonds. The Bertz CT molecular complexity index is 1480. The molecule has 0 saturated carbocycles. The predicted molar refractivity (Wildman–Crippen MR) is 140 cm³/mol. The number of pyridine rings is 1. The minimum absolute atomic E-state index is 0. The van der Waals surface area contributed by atoms with Crippen molar-refractivity contribution in [3.05, 3.63) is 114 Å². The number of benzene rings is 3. The van der Waals surface area contributed by atoms with E-state index in [0.717, 1.165) is 33.9 Å². The van der Waals surface area contributed by atoms with Gasteiger partial charge in [0.1, 0.15) is 0 Å². The second kappa shape index (κ2) is 10.1. The summed E-state index contributed by atoms with van der Waals surface area (Å²) in [5, 5.41) is 0. The number of rotatable bonds is 2. The van der Waals surface area contributed by atoms with Crippen LogP contribution in [0.1, 0.15) is 30.7 Å². The van der Waals surface area contributed by atoms with Gasteiger partial charge in [-0.1, -0.05) is 24.3 Å². The zero-order chi connectivity index (χ0) is 23.7. The minimum atomic E-state index is -0.0873. The van der Waals surface area contributed by atoms with Crippen LogP contribution in [0.2, 0.25) is 0 Å². The zero-order valence-corrected chi connectivity index (χ0v) is 22.7. The molecule has 3 aromatic carbocycles. The molecule has 35 heavy (non-hydrogen) atoms. The number of allylic oxidation sites excluding steroid dienone is 1. The van der Waals surface area contributed by atoms with E-state index in [-0.39, 0.29) is 25.6 Å². The third-order valence-electron chi connectivity index (χ3n) is 6.00. The van der Waals surface area contributed by atoms with Crippen molar-refractivity contribution in [2.24, 2.45) is 0 Å². The van der Waals surface area contributed by atoms with Crippen molar-refractivity contribution in [3.63, 3.8) is 0 Å². The third kappa shape index (κ3) is 5.05. The Morgan fingerprint density at radius 3 is 2.17 bits per heavy atom. The summed E-state index contributed by atoms with van der Waals surface area (Å²) in [4.78, 5) is 9.31. The molecule has 0 saturated heterocycles. The number of aryl methyl sites for hydroxylation is 2. The van der Waals surface area contributed by atoms with Gasteiger partial charge in [0.2, 0.25) is 0 Å². The number of hydrogen-bond acceptors (Lipinski definition) is 2. The summed E-state index contributed by atoms with van der Waals surface area (Å²) in [5.74, 6) is 0.992. The SMILES string of the molecule is Cc1cc2c3c(c1)nc(-c1[c-]cccc1)n3C(C)(C)C=C2.Cc1cccc(-c2[c-]cccc2)n1.[Ir]. The van der Waals surface area contributed by atoms with Gasteiger partial charge in [-0.15, -0.1) is 71.8 Å². The standard InChI is InChI=1S/C19H17N2.C12H10N.Ir/c1-13-11-15-9-10-19(2,3)21-17(15)16(12-13)20-18(21)14-7-5-4-6-8-14;1-10-6-5-9-12(13-10)11-7-3-2-4-8-11;/h4-7,9-12H,1-3H3;2-7,9H,1H3;/q2*-1;. The Morgan fingerprint density at radius 2 is 1.51 bits per heavy atom. The quantitative estimate of drug-likeness (QED) is 0.190. The molecule has 0 unspecified atom stereocenters. The van der Waals surface area contributed by atoms with Gasteiger partial charge in [0.25, 0.3) is 0 Å². The van der Waals surface area contributed by atoms with Crippen molar-refractivity contribution in [1.82, 2.24) is 14.5 Å². The summed E-state index contributed by atoms with van der Waals surface area (Å²) >= 11 is 0. The van der Waals surface area contributed by atoms with Gasteiger partial charge >= 0.3 is 0 Å². The first-order chi connectivity index (χ1) is 16.4. The molecule has 0 bridgehead atoms. The molecule has 1 radical (unpaired) electrons. The molecule has 5 aromatic rings.